The van der Waals surface area contributed by atoms with E-state index in [0.29, 0.717) is 19.0 Å². The Bertz CT molecular complexity index is 495. The van der Waals surface area contributed by atoms with E-state index >= 15 is 0 Å². The molecule has 0 atom stereocenters. The Morgan fingerprint density at radius 1 is 1.29 bits per heavy atom. The van der Waals surface area contributed by atoms with Crippen molar-refractivity contribution in [3.63, 3.8) is 0 Å². The number of alkyl halides is 3. The first-order chi connectivity index (χ1) is 9.79. The highest BCUT2D eigenvalue weighted by Gasteiger charge is 2.32. The fourth-order valence-electron chi connectivity index (χ4n) is 2.34. The maximum Gasteiger partial charge on any atom is 0.419 e. The van der Waals surface area contributed by atoms with Gasteiger partial charge in [0.2, 0.25) is 11.9 Å². The van der Waals surface area contributed by atoms with Gasteiger partial charge in [0.25, 0.3) is 0 Å². The van der Waals surface area contributed by atoms with Crippen LogP contribution in [0, 0.1) is 0 Å². The van der Waals surface area contributed by atoms with Gasteiger partial charge in [-0.15, -0.1) is 0 Å². The quantitative estimate of drug-likeness (QED) is 0.838. The van der Waals surface area contributed by atoms with Gasteiger partial charge in [-0.1, -0.05) is 0 Å². The standard InChI is InChI=1S/C13H17F3N4O/c1-9(21)19(2)11-3-5-20(6-4-11)12-17-7-10(8-18-12)13(14,15)16/h7-8,11H,3-6H2,1-2H3. The number of hydrogen-bond donors (Lipinski definition) is 0. The first kappa shape index (κ1) is 15.5. The number of amides is 1. The highest BCUT2D eigenvalue weighted by molar-refractivity contribution is 5.73. The maximum atomic E-state index is 12.4. The number of anilines is 1. The molecule has 2 heterocycles. The minimum absolute atomic E-state index is 0.0132. The lowest BCUT2D eigenvalue weighted by atomic mass is 10.0. The van der Waals surface area contributed by atoms with Crippen LogP contribution in [0.25, 0.3) is 0 Å². The summed E-state index contributed by atoms with van der Waals surface area (Å²) in [6, 6.07) is 0.160. The lowest BCUT2D eigenvalue weighted by molar-refractivity contribution is -0.138. The van der Waals surface area contributed by atoms with Crippen molar-refractivity contribution in [2.24, 2.45) is 0 Å². The van der Waals surface area contributed by atoms with Gasteiger partial charge in [-0.3, -0.25) is 4.79 Å². The van der Waals surface area contributed by atoms with Crippen molar-refractivity contribution >= 4 is 11.9 Å². The van der Waals surface area contributed by atoms with E-state index in [0.717, 1.165) is 25.2 Å². The molecule has 0 bridgehead atoms. The summed E-state index contributed by atoms with van der Waals surface area (Å²) in [5.74, 6) is 0.311. The zero-order valence-electron chi connectivity index (χ0n) is 11.9. The van der Waals surface area contributed by atoms with Gasteiger partial charge in [0.1, 0.15) is 0 Å². The summed E-state index contributed by atoms with van der Waals surface area (Å²) in [6.07, 6.45) is -1.32. The molecule has 8 heteroatoms. The Kier molecular flexibility index (Phi) is 4.34. The fourth-order valence-corrected chi connectivity index (χ4v) is 2.34. The average molecular weight is 302 g/mol. The summed E-state index contributed by atoms with van der Waals surface area (Å²) in [7, 11) is 1.76. The Morgan fingerprint density at radius 2 is 1.81 bits per heavy atom. The van der Waals surface area contributed by atoms with E-state index < -0.39 is 11.7 Å². The third-order valence-corrected chi connectivity index (χ3v) is 3.76. The molecular weight excluding hydrogens is 285 g/mol. The Labute approximate surface area is 120 Å². The molecule has 1 aliphatic rings. The minimum Gasteiger partial charge on any atom is -0.343 e. The van der Waals surface area contributed by atoms with Crippen molar-refractivity contribution in [3.05, 3.63) is 18.0 Å². The smallest absolute Gasteiger partial charge is 0.343 e. The topological polar surface area (TPSA) is 49.3 Å². The number of piperidine rings is 1. The van der Waals surface area contributed by atoms with E-state index in [2.05, 4.69) is 9.97 Å². The number of halogens is 3. The minimum atomic E-state index is -4.42. The Hall–Kier alpha value is -1.86. The van der Waals surface area contributed by atoms with E-state index in [1.807, 2.05) is 4.90 Å². The molecule has 1 saturated heterocycles. The van der Waals surface area contributed by atoms with Crippen LogP contribution >= 0.6 is 0 Å². The SMILES string of the molecule is CC(=O)N(C)C1CCN(c2ncc(C(F)(F)F)cn2)CC1. The van der Waals surface area contributed by atoms with Crippen LogP contribution in [0.15, 0.2) is 12.4 Å². The van der Waals surface area contributed by atoms with Crippen molar-refractivity contribution < 1.29 is 18.0 Å². The third-order valence-electron chi connectivity index (χ3n) is 3.76. The molecule has 21 heavy (non-hydrogen) atoms. The summed E-state index contributed by atoms with van der Waals surface area (Å²) in [5, 5.41) is 0. The van der Waals surface area contributed by atoms with Gasteiger partial charge in [0.05, 0.1) is 5.56 Å². The monoisotopic (exact) mass is 302 g/mol. The zero-order valence-corrected chi connectivity index (χ0v) is 11.9. The van der Waals surface area contributed by atoms with Crippen molar-refractivity contribution in [1.29, 1.82) is 0 Å². The van der Waals surface area contributed by atoms with Crippen LogP contribution in [0.2, 0.25) is 0 Å². The molecular formula is C13H17F3N4O. The number of aromatic nitrogens is 2. The lowest BCUT2D eigenvalue weighted by Crippen LogP contribution is -2.45. The van der Waals surface area contributed by atoms with Gasteiger partial charge in [-0.25, -0.2) is 9.97 Å². The Balaban J connectivity index is 1.98. The molecule has 1 fully saturated rings. The van der Waals surface area contributed by atoms with Gasteiger partial charge in [-0.2, -0.15) is 13.2 Å². The maximum absolute atomic E-state index is 12.4. The summed E-state index contributed by atoms with van der Waals surface area (Å²) in [4.78, 5) is 22.4. The van der Waals surface area contributed by atoms with Crippen molar-refractivity contribution in [3.8, 4) is 0 Å². The first-order valence-electron chi connectivity index (χ1n) is 6.66. The lowest BCUT2D eigenvalue weighted by Gasteiger charge is -2.36. The Morgan fingerprint density at radius 3 is 2.24 bits per heavy atom. The summed E-state index contributed by atoms with van der Waals surface area (Å²) < 4.78 is 37.3. The molecule has 0 aromatic carbocycles. The van der Waals surface area contributed by atoms with Crippen molar-refractivity contribution in [2.75, 3.05) is 25.0 Å². The average Bonchev–Trinajstić information content (AvgIpc) is 2.46. The zero-order chi connectivity index (χ0) is 15.6. The molecule has 5 nitrogen and oxygen atoms in total. The molecule has 1 amide bonds. The number of hydrogen-bond acceptors (Lipinski definition) is 4. The molecule has 0 N–H and O–H groups in total. The van der Waals surface area contributed by atoms with E-state index in [1.165, 1.54) is 6.92 Å². The summed E-state index contributed by atoms with van der Waals surface area (Å²) in [5.41, 5.74) is -0.850. The van der Waals surface area contributed by atoms with Crippen LogP contribution in [0.5, 0.6) is 0 Å². The van der Waals surface area contributed by atoms with Crippen LogP contribution in [-0.4, -0.2) is 47.0 Å². The predicted molar refractivity (Wildman–Crippen MR) is 70.7 cm³/mol. The number of rotatable bonds is 2. The molecule has 0 unspecified atom stereocenters. The highest BCUT2D eigenvalue weighted by Crippen LogP contribution is 2.28. The second kappa shape index (κ2) is 5.87. The molecule has 0 radical (unpaired) electrons. The van der Waals surface area contributed by atoms with Gasteiger partial charge < -0.3 is 9.80 Å². The largest absolute Gasteiger partial charge is 0.419 e. The second-order valence-corrected chi connectivity index (χ2v) is 5.12. The third kappa shape index (κ3) is 3.62. The normalized spacial score (nSPS) is 16.9. The fraction of sp³-hybridized carbons (Fsp3) is 0.615. The van der Waals surface area contributed by atoms with Gasteiger partial charge >= 0.3 is 6.18 Å². The van der Waals surface area contributed by atoms with Crippen LogP contribution in [0.4, 0.5) is 19.1 Å². The van der Waals surface area contributed by atoms with E-state index in [-0.39, 0.29) is 11.9 Å². The summed E-state index contributed by atoms with van der Waals surface area (Å²) in [6.45, 7) is 2.76. The number of carbonyl (C=O) groups is 1. The second-order valence-electron chi connectivity index (χ2n) is 5.12. The van der Waals surface area contributed by atoms with Crippen LogP contribution in [0.1, 0.15) is 25.3 Å². The van der Waals surface area contributed by atoms with E-state index in [9.17, 15) is 18.0 Å². The molecule has 116 valence electrons. The summed E-state index contributed by atoms with van der Waals surface area (Å²) >= 11 is 0. The van der Waals surface area contributed by atoms with E-state index in [1.54, 1.807) is 11.9 Å². The molecule has 0 saturated carbocycles. The van der Waals surface area contributed by atoms with Gasteiger partial charge in [0, 0.05) is 45.5 Å². The highest BCUT2D eigenvalue weighted by atomic mass is 19.4. The van der Waals surface area contributed by atoms with Crippen LogP contribution < -0.4 is 4.90 Å². The molecule has 1 aromatic heterocycles. The van der Waals surface area contributed by atoms with E-state index in [4.69, 9.17) is 0 Å². The molecule has 1 aliphatic heterocycles. The molecule has 1 aromatic rings. The van der Waals surface area contributed by atoms with Gasteiger partial charge in [-0.05, 0) is 12.8 Å². The van der Waals surface area contributed by atoms with Crippen LogP contribution in [0.3, 0.4) is 0 Å². The van der Waals surface area contributed by atoms with Gasteiger partial charge in [0.15, 0.2) is 0 Å². The molecule has 2 rings (SSSR count). The first-order valence-corrected chi connectivity index (χ1v) is 6.66. The number of nitrogens with zero attached hydrogens (tertiary/aromatic N) is 4. The molecule has 0 spiro atoms. The van der Waals surface area contributed by atoms with Crippen molar-refractivity contribution in [2.45, 2.75) is 32.0 Å². The number of carbonyl (C=O) groups excluding carboxylic acids is 1. The molecule has 0 aliphatic carbocycles. The van der Waals surface area contributed by atoms with Crippen LogP contribution in [-0.2, 0) is 11.0 Å². The van der Waals surface area contributed by atoms with Crippen molar-refractivity contribution in [1.82, 2.24) is 14.9 Å². The predicted octanol–water partition coefficient (Wildman–Crippen LogP) is 1.94.